The molecule has 3 rings (SSSR count). The molecule has 1 fully saturated rings. The molecule has 0 atom stereocenters. The van der Waals surface area contributed by atoms with Gasteiger partial charge in [-0.25, -0.2) is 4.39 Å². The Morgan fingerprint density at radius 1 is 1.16 bits per heavy atom. The van der Waals surface area contributed by atoms with Crippen molar-refractivity contribution < 1.29 is 14.0 Å². The third-order valence-corrected chi connectivity index (χ3v) is 4.47. The van der Waals surface area contributed by atoms with Gasteiger partial charge in [-0.3, -0.25) is 14.6 Å². The van der Waals surface area contributed by atoms with E-state index in [2.05, 4.69) is 15.2 Å². The highest BCUT2D eigenvalue weighted by Gasteiger charge is 2.25. The minimum atomic E-state index is -0.397. The number of anilines is 1. The molecule has 130 valence electrons. The molecule has 0 unspecified atom stereocenters. The fourth-order valence-corrected chi connectivity index (χ4v) is 2.93. The third kappa shape index (κ3) is 4.28. The number of likely N-dealkylation sites (tertiary alicyclic amines) is 1. The highest BCUT2D eigenvalue weighted by molar-refractivity contribution is 6.05. The number of nitrogens with zero attached hydrogens (tertiary/aromatic N) is 2. The summed E-state index contributed by atoms with van der Waals surface area (Å²) in [6, 6.07) is 8.52. The van der Waals surface area contributed by atoms with E-state index in [1.165, 1.54) is 30.5 Å². The predicted molar refractivity (Wildman–Crippen MR) is 93.1 cm³/mol. The molecular weight excluding hydrogens is 321 g/mol. The van der Waals surface area contributed by atoms with Crippen LogP contribution in [0.4, 0.5) is 10.1 Å². The number of carbonyl (C=O) groups excluding carboxylic acids is 2. The van der Waals surface area contributed by atoms with Gasteiger partial charge in [0.25, 0.3) is 5.91 Å². The lowest BCUT2D eigenvalue weighted by molar-refractivity contribution is 0.0851. The van der Waals surface area contributed by atoms with E-state index >= 15 is 0 Å². The second-order valence-corrected chi connectivity index (χ2v) is 6.33. The highest BCUT2D eigenvalue weighted by Crippen LogP contribution is 2.21. The molecule has 1 saturated heterocycles. The Bertz CT molecular complexity index is 768. The average Bonchev–Trinajstić information content (AvgIpc) is 2.62. The number of Topliss-reactive ketones (excluding diaryl/α,β-unsaturated/α-hetero) is 1. The summed E-state index contributed by atoms with van der Waals surface area (Å²) in [6.45, 7) is 1.80. The standard InChI is InChI=1S/C19H20FN3O2/c1-23-10-7-13(8-11-23)18(24)17-12-16(6-9-21-17)22-19(25)14-2-4-15(20)5-3-14/h2-6,9,12-13H,7-8,10-11H2,1H3,(H,21,22,25). The lowest BCUT2D eigenvalue weighted by Crippen LogP contribution is -2.33. The Morgan fingerprint density at radius 3 is 2.52 bits per heavy atom. The smallest absolute Gasteiger partial charge is 0.255 e. The number of benzene rings is 1. The van der Waals surface area contributed by atoms with Crippen molar-refractivity contribution >= 4 is 17.4 Å². The van der Waals surface area contributed by atoms with E-state index in [-0.39, 0.29) is 17.6 Å². The minimum Gasteiger partial charge on any atom is -0.322 e. The summed E-state index contributed by atoms with van der Waals surface area (Å²) < 4.78 is 12.9. The molecule has 1 aliphatic heterocycles. The molecular formula is C19H20FN3O2. The van der Waals surface area contributed by atoms with Gasteiger partial charge in [0.1, 0.15) is 11.5 Å². The second-order valence-electron chi connectivity index (χ2n) is 6.33. The maximum Gasteiger partial charge on any atom is 0.255 e. The number of pyridine rings is 1. The first kappa shape index (κ1) is 17.2. The molecule has 2 heterocycles. The van der Waals surface area contributed by atoms with E-state index in [0.29, 0.717) is 16.9 Å². The van der Waals surface area contributed by atoms with Crippen LogP contribution in [0.1, 0.15) is 33.7 Å². The maximum atomic E-state index is 12.9. The predicted octanol–water partition coefficient (Wildman–Crippen LogP) is 3.00. The molecule has 0 saturated carbocycles. The monoisotopic (exact) mass is 341 g/mol. The first-order valence-corrected chi connectivity index (χ1v) is 8.28. The summed E-state index contributed by atoms with van der Waals surface area (Å²) in [5.74, 6) is -0.756. The van der Waals surface area contributed by atoms with E-state index in [0.717, 1.165) is 25.9 Å². The summed E-state index contributed by atoms with van der Waals surface area (Å²) in [5, 5.41) is 2.72. The Hall–Kier alpha value is -2.60. The van der Waals surface area contributed by atoms with Crippen molar-refractivity contribution in [1.29, 1.82) is 0 Å². The van der Waals surface area contributed by atoms with Crippen LogP contribution >= 0.6 is 0 Å². The quantitative estimate of drug-likeness (QED) is 0.869. The number of ketones is 1. The molecule has 0 aliphatic carbocycles. The average molecular weight is 341 g/mol. The van der Waals surface area contributed by atoms with Crippen LogP contribution < -0.4 is 5.32 Å². The number of halogens is 1. The SMILES string of the molecule is CN1CCC(C(=O)c2cc(NC(=O)c3ccc(F)cc3)ccn2)CC1. The number of rotatable bonds is 4. The molecule has 25 heavy (non-hydrogen) atoms. The number of aromatic nitrogens is 1. The van der Waals surface area contributed by atoms with E-state index in [4.69, 9.17) is 0 Å². The fraction of sp³-hybridized carbons (Fsp3) is 0.316. The molecule has 1 aromatic heterocycles. The topological polar surface area (TPSA) is 62.3 Å². The van der Waals surface area contributed by atoms with Crippen molar-refractivity contribution in [2.75, 3.05) is 25.5 Å². The van der Waals surface area contributed by atoms with Crippen molar-refractivity contribution in [3.63, 3.8) is 0 Å². The van der Waals surface area contributed by atoms with Gasteiger partial charge in [0, 0.05) is 23.4 Å². The van der Waals surface area contributed by atoms with Crippen LogP contribution in [-0.2, 0) is 0 Å². The van der Waals surface area contributed by atoms with E-state index in [9.17, 15) is 14.0 Å². The van der Waals surface area contributed by atoms with Crippen LogP contribution in [0.3, 0.4) is 0 Å². The number of hydrogen-bond donors (Lipinski definition) is 1. The van der Waals surface area contributed by atoms with Crippen LogP contribution in [0.15, 0.2) is 42.6 Å². The van der Waals surface area contributed by atoms with Crippen LogP contribution in [-0.4, -0.2) is 41.7 Å². The van der Waals surface area contributed by atoms with Crippen LogP contribution in [0.5, 0.6) is 0 Å². The largest absolute Gasteiger partial charge is 0.322 e. The molecule has 1 aromatic carbocycles. The lowest BCUT2D eigenvalue weighted by atomic mass is 9.91. The Labute approximate surface area is 145 Å². The Morgan fingerprint density at radius 2 is 1.84 bits per heavy atom. The molecule has 0 bridgehead atoms. The first-order valence-electron chi connectivity index (χ1n) is 8.28. The van der Waals surface area contributed by atoms with E-state index < -0.39 is 5.82 Å². The van der Waals surface area contributed by atoms with Gasteiger partial charge < -0.3 is 10.2 Å². The summed E-state index contributed by atoms with van der Waals surface area (Å²) in [6.07, 6.45) is 3.16. The van der Waals surface area contributed by atoms with Gasteiger partial charge in [0.15, 0.2) is 5.78 Å². The van der Waals surface area contributed by atoms with Gasteiger partial charge in [-0.1, -0.05) is 0 Å². The van der Waals surface area contributed by atoms with Crippen LogP contribution in [0.25, 0.3) is 0 Å². The van der Waals surface area contributed by atoms with Gasteiger partial charge in [0.2, 0.25) is 0 Å². The van der Waals surface area contributed by atoms with Crippen molar-refractivity contribution in [1.82, 2.24) is 9.88 Å². The van der Waals surface area contributed by atoms with Gasteiger partial charge in [0.05, 0.1) is 0 Å². The van der Waals surface area contributed by atoms with Crippen molar-refractivity contribution in [3.8, 4) is 0 Å². The lowest BCUT2D eigenvalue weighted by Gasteiger charge is -2.27. The van der Waals surface area contributed by atoms with Crippen molar-refractivity contribution in [3.05, 3.63) is 59.7 Å². The van der Waals surface area contributed by atoms with Gasteiger partial charge in [-0.2, -0.15) is 0 Å². The van der Waals surface area contributed by atoms with Gasteiger partial charge >= 0.3 is 0 Å². The molecule has 1 aliphatic rings. The minimum absolute atomic E-state index is 0.0194. The molecule has 1 amide bonds. The van der Waals surface area contributed by atoms with Crippen molar-refractivity contribution in [2.45, 2.75) is 12.8 Å². The number of nitrogens with one attached hydrogen (secondary N) is 1. The summed E-state index contributed by atoms with van der Waals surface area (Å²) in [5.41, 5.74) is 1.22. The highest BCUT2D eigenvalue weighted by atomic mass is 19.1. The molecule has 2 aromatic rings. The maximum absolute atomic E-state index is 12.9. The first-order chi connectivity index (χ1) is 12.0. The molecule has 0 spiro atoms. The molecule has 6 heteroatoms. The normalized spacial score (nSPS) is 15.8. The Kier molecular flexibility index (Phi) is 5.19. The zero-order valence-corrected chi connectivity index (χ0v) is 14.0. The summed E-state index contributed by atoms with van der Waals surface area (Å²) in [4.78, 5) is 31.2. The Balaban J connectivity index is 1.69. The number of amides is 1. The zero-order chi connectivity index (χ0) is 17.8. The van der Waals surface area contributed by atoms with Crippen LogP contribution in [0.2, 0.25) is 0 Å². The van der Waals surface area contributed by atoms with Gasteiger partial charge in [-0.05, 0) is 69.4 Å². The molecule has 1 N–H and O–H groups in total. The second kappa shape index (κ2) is 7.53. The van der Waals surface area contributed by atoms with E-state index in [1.54, 1.807) is 12.1 Å². The molecule has 5 nitrogen and oxygen atoms in total. The molecule has 0 radical (unpaired) electrons. The van der Waals surface area contributed by atoms with Crippen LogP contribution in [0, 0.1) is 11.7 Å². The van der Waals surface area contributed by atoms with Crippen molar-refractivity contribution in [2.24, 2.45) is 5.92 Å². The zero-order valence-electron chi connectivity index (χ0n) is 14.0. The number of hydrogen-bond acceptors (Lipinski definition) is 4. The van der Waals surface area contributed by atoms with E-state index in [1.807, 2.05) is 7.05 Å². The fourth-order valence-electron chi connectivity index (χ4n) is 2.93. The number of carbonyl (C=O) groups is 2. The summed E-state index contributed by atoms with van der Waals surface area (Å²) >= 11 is 0. The number of piperidine rings is 1. The third-order valence-electron chi connectivity index (χ3n) is 4.47. The van der Waals surface area contributed by atoms with Gasteiger partial charge in [-0.15, -0.1) is 0 Å². The summed E-state index contributed by atoms with van der Waals surface area (Å²) in [7, 11) is 2.05.